The Balaban J connectivity index is 1.50. The van der Waals surface area contributed by atoms with Gasteiger partial charge in [-0.2, -0.15) is 5.10 Å². The minimum absolute atomic E-state index is 0.0884. The SMILES string of the molecule is [2H]C([2H])([2H])C(C)(C)c1cc(NC(=O)Cc2ccc(-c3nn(C(C)C)c4ncnc(N)c34)cc2)on1. The molecule has 0 atom stereocenters. The smallest absolute Gasteiger partial charge is 0.231 e. The number of carbonyl (C=O) groups is 1. The van der Waals surface area contributed by atoms with E-state index in [1.807, 2.05) is 42.8 Å². The van der Waals surface area contributed by atoms with E-state index >= 15 is 0 Å². The topological polar surface area (TPSA) is 125 Å². The van der Waals surface area contributed by atoms with Crippen LogP contribution in [0.5, 0.6) is 0 Å². The van der Waals surface area contributed by atoms with Gasteiger partial charge in [0, 0.05) is 27.2 Å². The Kier molecular flexibility index (Phi) is 4.51. The zero-order valence-electron chi connectivity index (χ0n) is 21.4. The summed E-state index contributed by atoms with van der Waals surface area (Å²) in [4.78, 5) is 21.0. The van der Waals surface area contributed by atoms with Crippen molar-refractivity contribution >= 4 is 28.6 Å². The predicted octanol–water partition coefficient (Wildman–Crippen LogP) is 4.12. The molecule has 0 spiro atoms. The normalized spacial score (nSPS) is 13.7. The van der Waals surface area contributed by atoms with E-state index in [0.717, 1.165) is 11.1 Å². The Bertz CT molecular complexity index is 1370. The lowest BCUT2D eigenvalue weighted by atomic mass is 9.92. The third-order valence-corrected chi connectivity index (χ3v) is 5.01. The van der Waals surface area contributed by atoms with Crippen LogP contribution in [0.2, 0.25) is 0 Å². The van der Waals surface area contributed by atoms with Gasteiger partial charge in [-0.1, -0.05) is 50.1 Å². The number of hydrogen-bond donors (Lipinski definition) is 2. The maximum Gasteiger partial charge on any atom is 0.231 e. The number of benzene rings is 1. The number of rotatable bonds is 5. The molecule has 4 aromatic rings. The number of nitrogen functional groups attached to an aromatic ring is 1. The van der Waals surface area contributed by atoms with Gasteiger partial charge in [0.1, 0.15) is 17.8 Å². The third kappa shape index (κ3) is 4.18. The molecule has 0 saturated carbocycles. The van der Waals surface area contributed by atoms with Crippen molar-refractivity contribution in [3.05, 3.63) is 47.9 Å². The molecule has 0 aliphatic heterocycles. The van der Waals surface area contributed by atoms with Gasteiger partial charge < -0.3 is 10.3 Å². The van der Waals surface area contributed by atoms with Crippen LogP contribution < -0.4 is 11.1 Å². The monoisotopic (exact) mass is 436 g/mol. The number of nitrogens with two attached hydrogens (primary N) is 1. The number of hydrogen-bond acceptors (Lipinski definition) is 7. The lowest BCUT2D eigenvalue weighted by molar-refractivity contribution is -0.115. The number of amides is 1. The van der Waals surface area contributed by atoms with Crippen LogP contribution in [0, 0.1) is 0 Å². The number of nitrogens with zero attached hydrogens (tertiary/aromatic N) is 5. The number of anilines is 2. The van der Waals surface area contributed by atoms with Gasteiger partial charge in [0.15, 0.2) is 5.65 Å². The lowest BCUT2D eigenvalue weighted by Crippen LogP contribution is -2.14. The molecule has 3 N–H and O–H groups in total. The van der Waals surface area contributed by atoms with E-state index in [-0.39, 0.29) is 29.9 Å². The van der Waals surface area contributed by atoms with Crippen molar-refractivity contribution < 1.29 is 13.4 Å². The Labute approximate surface area is 190 Å². The number of fused-ring (bicyclic) bond motifs is 1. The summed E-state index contributed by atoms with van der Waals surface area (Å²) < 4.78 is 30.0. The van der Waals surface area contributed by atoms with Gasteiger partial charge in [-0.3, -0.25) is 10.1 Å². The highest BCUT2D eigenvalue weighted by molar-refractivity contribution is 5.98. The van der Waals surface area contributed by atoms with Crippen molar-refractivity contribution in [2.45, 2.75) is 52.4 Å². The molecule has 1 aromatic carbocycles. The highest BCUT2D eigenvalue weighted by Crippen LogP contribution is 2.31. The molecule has 0 bridgehead atoms. The van der Waals surface area contributed by atoms with Gasteiger partial charge in [0.2, 0.25) is 11.8 Å². The van der Waals surface area contributed by atoms with E-state index in [0.29, 0.717) is 22.5 Å². The quantitative estimate of drug-likeness (QED) is 0.482. The first-order chi connectivity index (χ1) is 16.4. The Morgan fingerprint density at radius 2 is 2.03 bits per heavy atom. The van der Waals surface area contributed by atoms with Gasteiger partial charge in [-0.05, 0) is 19.4 Å². The molecule has 9 nitrogen and oxygen atoms in total. The summed E-state index contributed by atoms with van der Waals surface area (Å²) in [6.07, 6.45) is 1.51. The number of nitrogens with one attached hydrogen (secondary N) is 1. The van der Waals surface area contributed by atoms with Gasteiger partial charge in [-0.15, -0.1) is 0 Å². The van der Waals surface area contributed by atoms with Crippen LogP contribution in [-0.2, 0) is 16.6 Å². The first-order valence-corrected chi connectivity index (χ1v) is 10.2. The first kappa shape index (κ1) is 17.9. The molecule has 0 fully saturated rings. The second kappa shape index (κ2) is 8.07. The van der Waals surface area contributed by atoms with Crippen molar-refractivity contribution in [2.75, 3.05) is 11.1 Å². The molecular weight excluding hydrogens is 406 g/mol. The van der Waals surface area contributed by atoms with Crippen LogP contribution in [0.3, 0.4) is 0 Å². The molecule has 4 rings (SSSR count). The Morgan fingerprint density at radius 1 is 1.28 bits per heavy atom. The van der Waals surface area contributed by atoms with Gasteiger partial charge in [-0.25, -0.2) is 14.6 Å². The average molecular weight is 437 g/mol. The van der Waals surface area contributed by atoms with Crippen LogP contribution in [0.1, 0.15) is 56.0 Å². The zero-order valence-corrected chi connectivity index (χ0v) is 18.4. The van der Waals surface area contributed by atoms with Crippen LogP contribution in [0.15, 0.2) is 41.2 Å². The highest BCUT2D eigenvalue weighted by Gasteiger charge is 2.20. The lowest BCUT2D eigenvalue weighted by Gasteiger charge is -2.12. The van der Waals surface area contributed by atoms with Crippen molar-refractivity contribution in [1.29, 1.82) is 0 Å². The second-order valence-electron chi connectivity index (χ2n) is 8.47. The summed E-state index contributed by atoms with van der Waals surface area (Å²) in [6, 6.07) is 8.93. The fourth-order valence-corrected chi connectivity index (χ4v) is 3.33. The molecule has 0 unspecified atom stereocenters. The largest absolute Gasteiger partial charge is 0.383 e. The number of aromatic nitrogens is 5. The van der Waals surface area contributed by atoms with Crippen LogP contribution in [0.25, 0.3) is 22.3 Å². The van der Waals surface area contributed by atoms with Crippen molar-refractivity contribution in [1.82, 2.24) is 24.9 Å². The van der Waals surface area contributed by atoms with Crippen molar-refractivity contribution in [3.63, 3.8) is 0 Å². The fraction of sp³-hybridized carbons (Fsp3) is 0.348. The molecule has 3 heterocycles. The minimum Gasteiger partial charge on any atom is -0.383 e. The molecule has 32 heavy (non-hydrogen) atoms. The van der Waals surface area contributed by atoms with Crippen LogP contribution >= 0.6 is 0 Å². The summed E-state index contributed by atoms with van der Waals surface area (Å²) >= 11 is 0. The fourth-order valence-electron chi connectivity index (χ4n) is 3.33. The summed E-state index contributed by atoms with van der Waals surface area (Å²) in [6.45, 7) is 4.87. The summed E-state index contributed by atoms with van der Waals surface area (Å²) in [5.74, 6) is 0.132. The molecule has 0 saturated heterocycles. The average Bonchev–Trinajstić information content (AvgIpc) is 3.39. The summed E-state index contributed by atoms with van der Waals surface area (Å²) in [7, 11) is 0. The van der Waals surface area contributed by atoms with E-state index in [1.165, 1.54) is 12.4 Å². The van der Waals surface area contributed by atoms with Gasteiger partial charge in [0.05, 0.1) is 17.5 Å². The molecule has 9 heteroatoms. The summed E-state index contributed by atoms with van der Waals surface area (Å²) in [5, 5.41) is 11.8. The molecular formula is C23H27N7O2. The molecule has 3 aromatic heterocycles. The van der Waals surface area contributed by atoms with Gasteiger partial charge in [0.25, 0.3) is 0 Å². The van der Waals surface area contributed by atoms with E-state index in [2.05, 4.69) is 20.4 Å². The van der Waals surface area contributed by atoms with Crippen molar-refractivity contribution in [2.24, 2.45) is 0 Å². The Hall–Kier alpha value is -3.75. The van der Waals surface area contributed by atoms with Crippen LogP contribution in [0.4, 0.5) is 11.7 Å². The maximum atomic E-state index is 12.5. The summed E-state index contributed by atoms with van der Waals surface area (Å²) in [5.41, 5.74) is 8.09. The Morgan fingerprint density at radius 3 is 2.72 bits per heavy atom. The molecule has 1 amide bonds. The standard InChI is InChI=1S/C23H27N7O2/c1-13(2)30-22-19(21(24)25-12-26-22)20(28-30)15-8-6-14(7-9-15)10-17(31)27-18-11-16(29-32-18)23(3,4)5/h6-9,11-13H,10H2,1-5H3,(H,27,31)(H2,24,25,26)/i3D3. The van der Waals surface area contributed by atoms with E-state index in [9.17, 15) is 4.79 Å². The zero-order chi connectivity index (χ0) is 25.5. The predicted molar refractivity (Wildman–Crippen MR) is 123 cm³/mol. The molecule has 0 radical (unpaired) electrons. The highest BCUT2D eigenvalue weighted by atomic mass is 16.5. The molecule has 0 aliphatic rings. The first-order valence-electron chi connectivity index (χ1n) is 11.7. The van der Waals surface area contributed by atoms with E-state index < -0.39 is 12.3 Å². The molecule has 0 aliphatic carbocycles. The van der Waals surface area contributed by atoms with E-state index in [1.54, 1.807) is 13.8 Å². The second-order valence-corrected chi connectivity index (χ2v) is 8.47. The minimum atomic E-state index is -2.26. The van der Waals surface area contributed by atoms with E-state index in [4.69, 9.17) is 19.5 Å². The number of carbonyl (C=O) groups excluding carboxylic acids is 1. The third-order valence-electron chi connectivity index (χ3n) is 5.01. The van der Waals surface area contributed by atoms with Gasteiger partial charge >= 0.3 is 0 Å². The van der Waals surface area contributed by atoms with Crippen molar-refractivity contribution in [3.8, 4) is 11.3 Å². The molecule has 166 valence electrons. The van der Waals surface area contributed by atoms with Crippen LogP contribution in [-0.4, -0.2) is 30.8 Å². The maximum absolute atomic E-state index is 12.5.